The van der Waals surface area contributed by atoms with E-state index in [9.17, 15) is 19.5 Å². The molecular weight excluding hydrogens is 470 g/mol. The summed E-state index contributed by atoms with van der Waals surface area (Å²) >= 11 is 0. The number of oxazole rings is 1. The zero-order valence-electron chi connectivity index (χ0n) is 20.7. The molecular formula is C29H29N3O5. The molecule has 2 aromatic carbocycles. The molecule has 0 saturated heterocycles. The molecule has 0 radical (unpaired) electrons. The van der Waals surface area contributed by atoms with Gasteiger partial charge in [0.15, 0.2) is 12.1 Å². The number of rotatable bonds is 9. The van der Waals surface area contributed by atoms with E-state index in [-0.39, 0.29) is 18.0 Å². The number of allylic oxidation sites excluding steroid dienone is 2. The predicted molar refractivity (Wildman–Crippen MR) is 139 cm³/mol. The standard InChI is InChI=1S/C29H29N3O5/c1-19(33)32-29(2)14-6-9-23(17-29)22-12-10-21(11-13-22)16-25-26(30-18-37-25)27(34)31-24(28(35)36)15-20-7-4-3-5-8-20/h3-14,18,24H,15-17H2,1-2H3,(H,31,34)(H,32,33)(H,35,36)/t24-,29?/m0/s1. The molecule has 0 spiro atoms. The Labute approximate surface area is 215 Å². The second kappa shape index (κ2) is 11.1. The van der Waals surface area contributed by atoms with Crippen molar-refractivity contribution < 1.29 is 23.9 Å². The van der Waals surface area contributed by atoms with Crippen LogP contribution in [0.4, 0.5) is 0 Å². The van der Waals surface area contributed by atoms with Gasteiger partial charge in [-0.2, -0.15) is 0 Å². The van der Waals surface area contributed by atoms with Crippen LogP contribution in [0.15, 0.2) is 83.6 Å². The van der Waals surface area contributed by atoms with E-state index in [2.05, 4.69) is 15.6 Å². The highest BCUT2D eigenvalue weighted by Crippen LogP contribution is 2.30. The van der Waals surface area contributed by atoms with Gasteiger partial charge in [0.25, 0.3) is 5.91 Å². The van der Waals surface area contributed by atoms with Crippen molar-refractivity contribution >= 4 is 23.4 Å². The summed E-state index contributed by atoms with van der Waals surface area (Å²) in [4.78, 5) is 40.2. The summed E-state index contributed by atoms with van der Waals surface area (Å²) in [5.74, 6) is -1.45. The molecule has 0 saturated carbocycles. The van der Waals surface area contributed by atoms with Gasteiger partial charge in [-0.05, 0) is 35.6 Å². The van der Waals surface area contributed by atoms with Gasteiger partial charge in [-0.15, -0.1) is 0 Å². The van der Waals surface area contributed by atoms with Gasteiger partial charge >= 0.3 is 5.97 Å². The average Bonchev–Trinajstić information content (AvgIpc) is 3.32. The summed E-state index contributed by atoms with van der Waals surface area (Å²) in [7, 11) is 0. The number of hydrogen-bond acceptors (Lipinski definition) is 5. The van der Waals surface area contributed by atoms with E-state index in [0.717, 1.165) is 22.3 Å². The van der Waals surface area contributed by atoms with Crippen LogP contribution in [0.25, 0.3) is 5.57 Å². The number of carboxylic acids is 1. The molecule has 0 aliphatic heterocycles. The van der Waals surface area contributed by atoms with E-state index < -0.39 is 23.5 Å². The summed E-state index contributed by atoms with van der Waals surface area (Å²) in [6, 6.07) is 15.9. The van der Waals surface area contributed by atoms with Crippen molar-refractivity contribution in [2.45, 2.75) is 44.7 Å². The first-order valence-electron chi connectivity index (χ1n) is 12.0. The summed E-state index contributed by atoms with van der Waals surface area (Å²) in [6.45, 7) is 3.49. The maximum Gasteiger partial charge on any atom is 0.326 e. The Hall–Kier alpha value is -4.46. The zero-order chi connectivity index (χ0) is 26.4. The summed E-state index contributed by atoms with van der Waals surface area (Å²) in [5, 5.41) is 15.2. The van der Waals surface area contributed by atoms with Gasteiger partial charge in [-0.25, -0.2) is 9.78 Å². The number of aromatic nitrogens is 1. The SMILES string of the molecule is CC(=O)NC1(C)C=CC=C(c2ccc(Cc3ocnc3C(=O)N[C@@H](Cc3ccccc3)C(=O)O)cc2)C1. The number of carboxylic acid groups (broad SMARTS) is 1. The fourth-order valence-corrected chi connectivity index (χ4v) is 4.46. The Balaban J connectivity index is 1.43. The number of carbonyl (C=O) groups is 3. The molecule has 0 fully saturated rings. The third-order valence-corrected chi connectivity index (χ3v) is 6.21. The maximum absolute atomic E-state index is 12.9. The maximum atomic E-state index is 12.9. The lowest BCUT2D eigenvalue weighted by Crippen LogP contribution is -2.44. The molecule has 2 amide bonds. The molecule has 190 valence electrons. The molecule has 3 aromatic rings. The second-order valence-corrected chi connectivity index (χ2v) is 9.38. The number of benzene rings is 2. The highest BCUT2D eigenvalue weighted by Gasteiger charge is 2.27. The Morgan fingerprint density at radius 2 is 1.81 bits per heavy atom. The minimum Gasteiger partial charge on any atom is -0.480 e. The first kappa shape index (κ1) is 25.6. The van der Waals surface area contributed by atoms with E-state index in [1.54, 1.807) is 0 Å². The third-order valence-electron chi connectivity index (χ3n) is 6.21. The van der Waals surface area contributed by atoms with E-state index in [4.69, 9.17) is 4.42 Å². The van der Waals surface area contributed by atoms with E-state index in [0.29, 0.717) is 18.6 Å². The lowest BCUT2D eigenvalue weighted by atomic mass is 9.85. The lowest BCUT2D eigenvalue weighted by molar-refractivity contribution is -0.139. The first-order chi connectivity index (χ1) is 17.7. The summed E-state index contributed by atoms with van der Waals surface area (Å²) in [6.07, 6.45) is 8.30. The second-order valence-electron chi connectivity index (χ2n) is 9.38. The molecule has 4 rings (SSSR count). The number of amides is 2. The minimum atomic E-state index is -1.13. The van der Waals surface area contributed by atoms with Crippen molar-refractivity contribution in [3.05, 3.63) is 107 Å². The molecule has 8 heteroatoms. The molecule has 1 unspecified atom stereocenters. The van der Waals surface area contributed by atoms with Crippen LogP contribution in [0.5, 0.6) is 0 Å². The van der Waals surface area contributed by atoms with Crippen molar-refractivity contribution in [3.63, 3.8) is 0 Å². The fourth-order valence-electron chi connectivity index (χ4n) is 4.46. The number of nitrogens with zero attached hydrogens (tertiary/aromatic N) is 1. The number of carbonyl (C=O) groups excluding carboxylic acids is 2. The topological polar surface area (TPSA) is 122 Å². The van der Waals surface area contributed by atoms with Crippen molar-refractivity contribution in [1.29, 1.82) is 0 Å². The molecule has 0 bridgehead atoms. The Bertz CT molecular complexity index is 1340. The van der Waals surface area contributed by atoms with Crippen LogP contribution in [0.2, 0.25) is 0 Å². The van der Waals surface area contributed by atoms with Crippen LogP contribution in [0.1, 0.15) is 53.2 Å². The molecule has 8 nitrogen and oxygen atoms in total. The predicted octanol–water partition coefficient (Wildman–Crippen LogP) is 3.93. The number of nitrogens with one attached hydrogen (secondary N) is 2. The van der Waals surface area contributed by atoms with Gasteiger partial charge < -0.3 is 20.2 Å². The molecule has 1 aliphatic rings. The monoisotopic (exact) mass is 499 g/mol. The molecule has 37 heavy (non-hydrogen) atoms. The molecule has 1 aliphatic carbocycles. The smallest absolute Gasteiger partial charge is 0.326 e. The van der Waals surface area contributed by atoms with Crippen LogP contribution >= 0.6 is 0 Å². The van der Waals surface area contributed by atoms with Crippen LogP contribution in [-0.4, -0.2) is 39.5 Å². The Morgan fingerprint density at radius 3 is 2.49 bits per heavy atom. The zero-order valence-corrected chi connectivity index (χ0v) is 20.7. The van der Waals surface area contributed by atoms with Crippen LogP contribution < -0.4 is 10.6 Å². The normalized spacial score (nSPS) is 17.5. The van der Waals surface area contributed by atoms with Gasteiger partial charge in [-0.3, -0.25) is 9.59 Å². The van der Waals surface area contributed by atoms with Gasteiger partial charge in [0.1, 0.15) is 11.8 Å². The quantitative estimate of drug-likeness (QED) is 0.410. The molecule has 1 heterocycles. The van der Waals surface area contributed by atoms with Crippen molar-refractivity contribution in [2.24, 2.45) is 0 Å². The third kappa shape index (κ3) is 6.61. The van der Waals surface area contributed by atoms with Gasteiger partial charge in [0, 0.05) is 19.8 Å². The molecule has 2 atom stereocenters. The first-order valence-corrected chi connectivity index (χ1v) is 12.0. The van der Waals surface area contributed by atoms with Gasteiger partial charge in [-0.1, -0.05) is 72.8 Å². The molecule has 3 N–H and O–H groups in total. The Kier molecular flexibility index (Phi) is 7.67. The molecule has 1 aromatic heterocycles. The van der Waals surface area contributed by atoms with Crippen molar-refractivity contribution in [3.8, 4) is 0 Å². The average molecular weight is 500 g/mol. The van der Waals surface area contributed by atoms with Gasteiger partial charge in [0.2, 0.25) is 5.91 Å². The summed E-state index contributed by atoms with van der Waals surface area (Å²) in [5.41, 5.74) is 3.47. The van der Waals surface area contributed by atoms with E-state index in [1.807, 2.05) is 79.7 Å². The largest absolute Gasteiger partial charge is 0.480 e. The van der Waals surface area contributed by atoms with Crippen LogP contribution in [0, 0.1) is 0 Å². The lowest BCUT2D eigenvalue weighted by Gasteiger charge is -2.30. The van der Waals surface area contributed by atoms with Crippen molar-refractivity contribution in [1.82, 2.24) is 15.6 Å². The minimum absolute atomic E-state index is 0.0644. The van der Waals surface area contributed by atoms with Crippen LogP contribution in [-0.2, 0) is 22.4 Å². The summed E-state index contributed by atoms with van der Waals surface area (Å²) < 4.78 is 5.48. The Morgan fingerprint density at radius 1 is 1.08 bits per heavy atom. The van der Waals surface area contributed by atoms with E-state index in [1.165, 1.54) is 13.3 Å². The number of aliphatic carboxylic acids is 1. The number of hydrogen-bond donors (Lipinski definition) is 3. The van der Waals surface area contributed by atoms with Crippen molar-refractivity contribution in [2.75, 3.05) is 0 Å². The highest BCUT2D eigenvalue weighted by molar-refractivity contribution is 5.95. The van der Waals surface area contributed by atoms with E-state index >= 15 is 0 Å². The highest BCUT2D eigenvalue weighted by atomic mass is 16.4. The van der Waals surface area contributed by atoms with Gasteiger partial charge in [0.05, 0.1) is 5.54 Å². The fraction of sp³-hybridized carbons (Fsp3) is 0.241. The van der Waals surface area contributed by atoms with Crippen LogP contribution in [0.3, 0.4) is 0 Å².